The van der Waals surface area contributed by atoms with Crippen molar-refractivity contribution in [3.63, 3.8) is 0 Å². The summed E-state index contributed by atoms with van der Waals surface area (Å²) < 4.78 is 5.52. The minimum Gasteiger partial charge on any atom is -0.378 e. The van der Waals surface area contributed by atoms with Gasteiger partial charge in [0.25, 0.3) is 0 Å². The van der Waals surface area contributed by atoms with Gasteiger partial charge in [-0.3, -0.25) is 9.98 Å². The van der Waals surface area contributed by atoms with Gasteiger partial charge in [-0.15, -0.1) is 0 Å². The third-order valence-corrected chi connectivity index (χ3v) is 5.81. The molecule has 1 saturated heterocycles. The number of hydrogen-bond donors (Lipinski definition) is 1. The zero-order valence-electron chi connectivity index (χ0n) is 18.7. The van der Waals surface area contributed by atoms with Crippen LogP contribution in [-0.4, -0.2) is 52.5 Å². The van der Waals surface area contributed by atoms with Crippen LogP contribution in [0.2, 0.25) is 0 Å². The van der Waals surface area contributed by atoms with E-state index in [0.717, 1.165) is 79.7 Å². The molecule has 3 aromatic heterocycles. The highest BCUT2D eigenvalue weighted by atomic mass is 16.5. The van der Waals surface area contributed by atoms with E-state index in [0.29, 0.717) is 6.54 Å². The van der Waals surface area contributed by atoms with Crippen molar-refractivity contribution in [3.05, 3.63) is 83.7 Å². The van der Waals surface area contributed by atoms with Crippen LogP contribution in [-0.2, 0) is 24.1 Å². The Balaban J connectivity index is 1.31. The Morgan fingerprint density at radius 2 is 1.88 bits per heavy atom. The van der Waals surface area contributed by atoms with Crippen molar-refractivity contribution in [2.45, 2.75) is 25.8 Å². The Morgan fingerprint density at radius 3 is 2.76 bits per heavy atom. The van der Waals surface area contributed by atoms with Gasteiger partial charge in [-0.25, -0.2) is 9.97 Å². The minimum atomic E-state index is 0.520. The first kappa shape index (κ1) is 21.3. The van der Waals surface area contributed by atoms with E-state index in [-0.39, 0.29) is 0 Å². The standard InChI is InChI=1S/C26H28N6O/c1-2-9-24-23(8-1)20(18-29-24)17-27-19-22-16-26(32-12-14-33-15-13-32)31-25(30-22)10-5-7-21-6-3-4-11-28-21/h1-4,6,8-9,11,16-18,29H,5,7,10,12-15,19H2. The molecule has 0 aliphatic carbocycles. The number of nitrogens with one attached hydrogen (secondary N) is 1. The van der Waals surface area contributed by atoms with Crippen LogP contribution in [0.3, 0.4) is 0 Å². The number of H-pyrrole nitrogens is 1. The summed E-state index contributed by atoms with van der Waals surface area (Å²) in [4.78, 5) is 24.4. The smallest absolute Gasteiger partial charge is 0.132 e. The Kier molecular flexibility index (Phi) is 6.68. The van der Waals surface area contributed by atoms with Gasteiger partial charge in [0.05, 0.1) is 25.5 Å². The van der Waals surface area contributed by atoms with Crippen molar-refractivity contribution < 1.29 is 4.74 Å². The molecule has 0 bridgehead atoms. The second kappa shape index (κ2) is 10.4. The number of aryl methyl sites for hydroxylation is 2. The zero-order chi connectivity index (χ0) is 22.3. The Bertz CT molecular complexity index is 1210. The molecular formula is C26H28N6O. The number of benzene rings is 1. The predicted octanol–water partition coefficient (Wildman–Crippen LogP) is 3.98. The van der Waals surface area contributed by atoms with E-state index in [2.05, 4.69) is 39.1 Å². The monoisotopic (exact) mass is 440 g/mol. The summed E-state index contributed by atoms with van der Waals surface area (Å²) in [5, 5.41) is 1.17. The van der Waals surface area contributed by atoms with Gasteiger partial charge in [0.1, 0.15) is 11.6 Å². The number of morpholine rings is 1. The molecule has 0 unspecified atom stereocenters. The fourth-order valence-electron chi connectivity index (χ4n) is 4.10. The molecule has 7 heteroatoms. The lowest BCUT2D eigenvalue weighted by atomic mass is 10.1. The van der Waals surface area contributed by atoms with Gasteiger partial charge < -0.3 is 14.6 Å². The van der Waals surface area contributed by atoms with Crippen LogP contribution in [0.25, 0.3) is 10.9 Å². The summed E-state index contributed by atoms with van der Waals surface area (Å²) in [5.74, 6) is 1.84. The first-order valence-corrected chi connectivity index (χ1v) is 11.5. The number of anilines is 1. The second-order valence-electron chi connectivity index (χ2n) is 8.17. The third kappa shape index (κ3) is 5.43. The number of ether oxygens (including phenoxy) is 1. The molecule has 0 saturated carbocycles. The van der Waals surface area contributed by atoms with Crippen molar-refractivity contribution in [3.8, 4) is 0 Å². The number of hydrogen-bond acceptors (Lipinski definition) is 6. The van der Waals surface area contributed by atoms with Crippen molar-refractivity contribution in [2.24, 2.45) is 4.99 Å². The van der Waals surface area contributed by atoms with E-state index in [9.17, 15) is 0 Å². The number of rotatable bonds is 8. The molecule has 4 heterocycles. The largest absolute Gasteiger partial charge is 0.378 e. The minimum absolute atomic E-state index is 0.520. The Hall–Kier alpha value is -3.58. The van der Waals surface area contributed by atoms with Crippen LogP contribution in [0.1, 0.15) is 29.2 Å². The number of para-hydroxylation sites is 1. The van der Waals surface area contributed by atoms with Crippen molar-refractivity contribution in [2.75, 3.05) is 31.2 Å². The molecule has 1 N–H and O–H groups in total. The van der Waals surface area contributed by atoms with Gasteiger partial charge in [-0.1, -0.05) is 24.3 Å². The van der Waals surface area contributed by atoms with Gasteiger partial charge in [-0.2, -0.15) is 0 Å². The molecule has 7 nitrogen and oxygen atoms in total. The highest BCUT2D eigenvalue weighted by Gasteiger charge is 2.15. The molecule has 4 aromatic rings. The number of fused-ring (bicyclic) bond motifs is 1. The summed E-state index contributed by atoms with van der Waals surface area (Å²) >= 11 is 0. The highest BCUT2D eigenvalue weighted by Crippen LogP contribution is 2.18. The van der Waals surface area contributed by atoms with E-state index < -0.39 is 0 Å². The summed E-state index contributed by atoms with van der Waals surface area (Å²) in [7, 11) is 0. The quantitative estimate of drug-likeness (QED) is 0.419. The molecule has 1 fully saturated rings. The number of aromatic nitrogens is 4. The molecule has 5 rings (SSSR count). The molecular weight excluding hydrogens is 412 g/mol. The normalized spacial score (nSPS) is 14.4. The van der Waals surface area contributed by atoms with Crippen LogP contribution in [0.5, 0.6) is 0 Å². The van der Waals surface area contributed by atoms with Crippen LogP contribution >= 0.6 is 0 Å². The zero-order valence-corrected chi connectivity index (χ0v) is 18.7. The van der Waals surface area contributed by atoms with Gasteiger partial charge in [0.15, 0.2) is 0 Å². The maximum atomic E-state index is 5.52. The van der Waals surface area contributed by atoms with Gasteiger partial charge >= 0.3 is 0 Å². The number of aliphatic imine (C=N–C) groups is 1. The molecule has 33 heavy (non-hydrogen) atoms. The molecule has 0 atom stereocenters. The van der Waals surface area contributed by atoms with E-state index in [1.165, 1.54) is 5.39 Å². The van der Waals surface area contributed by atoms with Crippen LogP contribution in [0.4, 0.5) is 5.82 Å². The topological polar surface area (TPSA) is 79.3 Å². The van der Waals surface area contributed by atoms with Crippen molar-refractivity contribution >= 4 is 22.9 Å². The summed E-state index contributed by atoms with van der Waals surface area (Å²) in [6, 6.07) is 16.4. The van der Waals surface area contributed by atoms with E-state index in [1.807, 2.05) is 42.9 Å². The summed E-state index contributed by atoms with van der Waals surface area (Å²) in [6.45, 7) is 3.68. The number of aromatic amines is 1. The average molecular weight is 441 g/mol. The van der Waals surface area contributed by atoms with Crippen LogP contribution in [0.15, 0.2) is 65.9 Å². The summed E-state index contributed by atoms with van der Waals surface area (Å²) in [6.07, 6.45) is 8.46. The summed E-state index contributed by atoms with van der Waals surface area (Å²) in [5.41, 5.74) is 4.25. The second-order valence-corrected chi connectivity index (χ2v) is 8.17. The maximum Gasteiger partial charge on any atom is 0.132 e. The first-order valence-electron chi connectivity index (χ1n) is 11.5. The number of nitrogens with zero attached hydrogens (tertiary/aromatic N) is 5. The molecule has 168 valence electrons. The molecule has 1 aliphatic heterocycles. The van der Waals surface area contributed by atoms with Gasteiger partial charge in [0.2, 0.25) is 0 Å². The molecule has 0 amide bonds. The molecule has 0 spiro atoms. The van der Waals surface area contributed by atoms with Crippen LogP contribution in [0, 0.1) is 0 Å². The van der Waals surface area contributed by atoms with Crippen molar-refractivity contribution in [1.82, 2.24) is 19.9 Å². The van der Waals surface area contributed by atoms with E-state index >= 15 is 0 Å². The first-order chi connectivity index (χ1) is 16.3. The van der Waals surface area contributed by atoms with Gasteiger partial charge in [0, 0.05) is 66.3 Å². The fourth-order valence-corrected chi connectivity index (χ4v) is 4.10. The van der Waals surface area contributed by atoms with E-state index in [1.54, 1.807) is 0 Å². The lowest BCUT2D eigenvalue weighted by Gasteiger charge is -2.28. The maximum absolute atomic E-state index is 5.52. The fraction of sp³-hybridized carbons (Fsp3) is 0.308. The molecule has 1 aromatic carbocycles. The molecule has 1 aliphatic rings. The molecule has 0 radical (unpaired) electrons. The van der Waals surface area contributed by atoms with Crippen LogP contribution < -0.4 is 4.90 Å². The van der Waals surface area contributed by atoms with E-state index in [4.69, 9.17) is 19.7 Å². The van der Waals surface area contributed by atoms with Gasteiger partial charge in [-0.05, 0) is 31.0 Å². The Labute approximate surface area is 193 Å². The average Bonchev–Trinajstić information content (AvgIpc) is 3.28. The lowest BCUT2D eigenvalue weighted by molar-refractivity contribution is 0.122. The Morgan fingerprint density at radius 1 is 1.00 bits per heavy atom. The SMILES string of the molecule is C(=NCc1cc(N2CCOCC2)nc(CCCc2ccccn2)n1)c1c[nH]c2ccccc12. The number of pyridine rings is 1. The van der Waals surface area contributed by atoms with Crippen molar-refractivity contribution in [1.29, 1.82) is 0 Å². The highest BCUT2D eigenvalue weighted by molar-refractivity contribution is 5.98. The predicted molar refractivity (Wildman–Crippen MR) is 131 cm³/mol. The lowest BCUT2D eigenvalue weighted by Crippen LogP contribution is -2.37. The third-order valence-electron chi connectivity index (χ3n) is 5.81.